The molecule has 0 unspecified atom stereocenters. The van der Waals surface area contributed by atoms with Crippen LogP contribution in [0.25, 0.3) is 10.9 Å². The van der Waals surface area contributed by atoms with Gasteiger partial charge in [0.2, 0.25) is 12.7 Å². The first-order chi connectivity index (χ1) is 17.4. The molecule has 2 aromatic carbocycles. The van der Waals surface area contributed by atoms with E-state index in [9.17, 15) is 9.59 Å². The van der Waals surface area contributed by atoms with Gasteiger partial charge in [-0.25, -0.2) is 0 Å². The van der Waals surface area contributed by atoms with Crippen molar-refractivity contribution in [2.75, 3.05) is 37.9 Å². The van der Waals surface area contributed by atoms with Gasteiger partial charge in [0, 0.05) is 55.9 Å². The van der Waals surface area contributed by atoms with Crippen LogP contribution in [-0.4, -0.2) is 53.3 Å². The molecule has 0 saturated carbocycles. The zero-order valence-electron chi connectivity index (χ0n) is 20.2. The van der Waals surface area contributed by atoms with E-state index in [1.54, 1.807) is 16.7 Å². The summed E-state index contributed by atoms with van der Waals surface area (Å²) in [4.78, 5) is 33.1. The van der Waals surface area contributed by atoms with E-state index < -0.39 is 0 Å². The van der Waals surface area contributed by atoms with E-state index in [0.29, 0.717) is 53.2 Å². The third kappa shape index (κ3) is 5.08. The van der Waals surface area contributed by atoms with Gasteiger partial charge in [0.1, 0.15) is 0 Å². The van der Waals surface area contributed by atoms with Crippen LogP contribution in [0.3, 0.4) is 0 Å². The van der Waals surface area contributed by atoms with Crippen LogP contribution in [0.1, 0.15) is 31.2 Å². The molecule has 1 amide bonds. The van der Waals surface area contributed by atoms with Crippen molar-refractivity contribution in [1.82, 2.24) is 14.5 Å². The molecule has 2 aliphatic heterocycles. The number of nitrogens with zero attached hydrogens (tertiary/aromatic N) is 3. The summed E-state index contributed by atoms with van der Waals surface area (Å²) in [6.07, 6.45) is 2.90. The van der Waals surface area contributed by atoms with E-state index in [0.717, 1.165) is 43.1 Å². The summed E-state index contributed by atoms with van der Waals surface area (Å²) in [7, 11) is 0. The molecule has 0 atom stereocenters. The summed E-state index contributed by atoms with van der Waals surface area (Å²) in [6.45, 7) is 5.76. The summed E-state index contributed by atoms with van der Waals surface area (Å²) < 4.78 is 12.8. The minimum atomic E-state index is -0.143. The van der Waals surface area contributed by atoms with Crippen LogP contribution in [0.2, 0.25) is 5.02 Å². The number of piperazine rings is 1. The van der Waals surface area contributed by atoms with Gasteiger partial charge in [0.15, 0.2) is 16.3 Å². The lowest BCUT2D eigenvalue weighted by molar-refractivity contribution is -0.131. The van der Waals surface area contributed by atoms with E-state index in [2.05, 4.69) is 16.8 Å². The van der Waals surface area contributed by atoms with Gasteiger partial charge in [-0.05, 0) is 55.7 Å². The molecular formula is C26H29ClN4O4S. The molecule has 0 aliphatic carbocycles. The Kier molecular flexibility index (Phi) is 7.20. The number of carbonyl (C=O) groups is 1. The average molecular weight is 529 g/mol. The largest absolute Gasteiger partial charge is 0.454 e. The molecule has 1 N–H and O–H groups in total. The molecule has 3 heterocycles. The number of aromatic amines is 1. The molecule has 2 aliphatic rings. The van der Waals surface area contributed by atoms with Gasteiger partial charge in [0.25, 0.3) is 5.56 Å². The SMILES string of the molecule is Cc1ccc(Cl)cc1N1CCN(C(=O)CCCCCn2c(=S)[nH]c3cc4c(cc3c2=O)OCO4)CC1. The normalized spacial score (nSPS) is 15.1. The third-order valence-corrected chi connectivity index (χ3v) is 7.45. The Bertz CT molecular complexity index is 1410. The number of aromatic nitrogens is 2. The van der Waals surface area contributed by atoms with Gasteiger partial charge >= 0.3 is 0 Å². The molecule has 10 heteroatoms. The molecular weight excluding hydrogens is 500 g/mol. The van der Waals surface area contributed by atoms with Crippen molar-refractivity contribution in [2.45, 2.75) is 39.2 Å². The Balaban J connectivity index is 1.10. The van der Waals surface area contributed by atoms with Gasteiger partial charge in [-0.2, -0.15) is 0 Å². The Morgan fingerprint density at radius 1 is 1.06 bits per heavy atom. The van der Waals surface area contributed by atoms with Crippen molar-refractivity contribution in [2.24, 2.45) is 0 Å². The standard InChI is InChI=1S/C26H29ClN4O4S/c1-17-6-7-18(27)13-21(17)29-9-11-30(12-10-29)24(32)5-3-2-4-8-31-25(33)19-14-22-23(35-16-34-22)15-20(19)28-26(31)36/h6-7,13-15H,2-5,8-12,16H2,1H3,(H,28,36). The van der Waals surface area contributed by atoms with Crippen molar-refractivity contribution in [3.63, 3.8) is 0 Å². The number of halogens is 1. The number of fused-ring (bicyclic) bond motifs is 2. The highest BCUT2D eigenvalue weighted by Gasteiger charge is 2.22. The second-order valence-electron chi connectivity index (χ2n) is 9.25. The summed E-state index contributed by atoms with van der Waals surface area (Å²) in [5.74, 6) is 1.36. The molecule has 190 valence electrons. The average Bonchev–Trinajstić information content (AvgIpc) is 3.33. The second kappa shape index (κ2) is 10.5. The monoisotopic (exact) mass is 528 g/mol. The molecule has 0 spiro atoms. The number of hydrogen-bond donors (Lipinski definition) is 1. The van der Waals surface area contributed by atoms with Crippen LogP contribution in [0, 0.1) is 11.7 Å². The van der Waals surface area contributed by atoms with E-state index in [4.69, 9.17) is 33.3 Å². The molecule has 8 nitrogen and oxygen atoms in total. The lowest BCUT2D eigenvalue weighted by atomic mass is 10.1. The summed E-state index contributed by atoms with van der Waals surface area (Å²) >= 11 is 11.6. The number of anilines is 1. The predicted molar refractivity (Wildman–Crippen MR) is 143 cm³/mol. The second-order valence-corrected chi connectivity index (χ2v) is 10.1. The first-order valence-electron chi connectivity index (χ1n) is 12.3. The minimum Gasteiger partial charge on any atom is -0.454 e. The van der Waals surface area contributed by atoms with Crippen LogP contribution in [0.5, 0.6) is 11.5 Å². The lowest BCUT2D eigenvalue weighted by Crippen LogP contribution is -2.49. The fraction of sp³-hybridized carbons (Fsp3) is 0.423. The predicted octanol–water partition coefficient (Wildman–Crippen LogP) is 4.66. The number of hydrogen-bond acceptors (Lipinski definition) is 6. The van der Waals surface area contributed by atoms with E-state index in [1.165, 1.54) is 5.56 Å². The van der Waals surface area contributed by atoms with Crippen molar-refractivity contribution in [1.29, 1.82) is 0 Å². The number of nitrogens with one attached hydrogen (secondary N) is 1. The van der Waals surface area contributed by atoms with E-state index >= 15 is 0 Å². The smallest absolute Gasteiger partial charge is 0.262 e. The summed E-state index contributed by atoms with van der Waals surface area (Å²) in [5.41, 5.74) is 2.83. The van der Waals surface area contributed by atoms with Crippen LogP contribution in [0.4, 0.5) is 5.69 Å². The Morgan fingerprint density at radius 3 is 2.58 bits per heavy atom. The van der Waals surface area contributed by atoms with Crippen LogP contribution >= 0.6 is 23.8 Å². The molecule has 0 radical (unpaired) electrons. The number of amides is 1. The Hall–Kier alpha value is -3.04. The Labute approximate surface area is 219 Å². The van der Waals surface area contributed by atoms with E-state index in [-0.39, 0.29) is 18.3 Å². The Morgan fingerprint density at radius 2 is 1.81 bits per heavy atom. The van der Waals surface area contributed by atoms with Gasteiger partial charge in [-0.15, -0.1) is 0 Å². The molecule has 1 fully saturated rings. The minimum absolute atomic E-state index is 0.143. The first kappa shape index (κ1) is 24.6. The maximum absolute atomic E-state index is 13.0. The van der Waals surface area contributed by atoms with Gasteiger partial charge in [-0.3, -0.25) is 14.2 Å². The highest BCUT2D eigenvalue weighted by atomic mass is 35.5. The third-order valence-electron chi connectivity index (χ3n) is 6.89. The first-order valence-corrected chi connectivity index (χ1v) is 13.0. The molecule has 5 rings (SSSR count). The van der Waals surface area contributed by atoms with Crippen molar-refractivity contribution in [3.05, 3.63) is 56.0 Å². The van der Waals surface area contributed by atoms with Crippen LogP contribution in [0.15, 0.2) is 35.1 Å². The fourth-order valence-corrected chi connectivity index (χ4v) is 5.30. The van der Waals surface area contributed by atoms with Crippen LogP contribution < -0.4 is 19.9 Å². The van der Waals surface area contributed by atoms with Gasteiger partial charge < -0.3 is 24.3 Å². The molecule has 3 aromatic rings. The fourth-order valence-electron chi connectivity index (χ4n) is 4.85. The molecule has 36 heavy (non-hydrogen) atoms. The molecule has 0 bridgehead atoms. The van der Waals surface area contributed by atoms with Gasteiger partial charge in [0.05, 0.1) is 10.9 Å². The number of rotatable bonds is 7. The number of benzene rings is 2. The number of unbranched alkanes of at least 4 members (excludes halogenated alkanes) is 2. The highest BCUT2D eigenvalue weighted by molar-refractivity contribution is 7.71. The van der Waals surface area contributed by atoms with Crippen molar-refractivity contribution >= 4 is 46.3 Å². The van der Waals surface area contributed by atoms with Crippen LogP contribution in [-0.2, 0) is 11.3 Å². The molecule has 1 saturated heterocycles. The van der Waals surface area contributed by atoms with Crippen molar-refractivity contribution in [3.8, 4) is 11.5 Å². The van der Waals surface area contributed by atoms with Gasteiger partial charge in [-0.1, -0.05) is 24.1 Å². The summed E-state index contributed by atoms with van der Waals surface area (Å²) in [6, 6.07) is 9.38. The number of ether oxygens (including phenoxy) is 2. The topological polar surface area (TPSA) is 79.8 Å². The zero-order chi connectivity index (χ0) is 25.2. The number of carbonyl (C=O) groups excluding carboxylic acids is 1. The lowest BCUT2D eigenvalue weighted by Gasteiger charge is -2.37. The maximum atomic E-state index is 13.0. The zero-order valence-corrected chi connectivity index (χ0v) is 21.8. The number of H-pyrrole nitrogens is 1. The quantitative estimate of drug-likeness (QED) is 0.355. The maximum Gasteiger partial charge on any atom is 0.262 e. The highest BCUT2D eigenvalue weighted by Crippen LogP contribution is 2.34. The molecule has 1 aromatic heterocycles. The van der Waals surface area contributed by atoms with Crippen molar-refractivity contribution < 1.29 is 14.3 Å². The summed E-state index contributed by atoms with van der Waals surface area (Å²) in [5, 5.41) is 1.25. The number of aryl methyl sites for hydroxylation is 1. The van der Waals surface area contributed by atoms with E-state index in [1.807, 2.05) is 23.1 Å².